The highest BCUT2D eigenvalue weighted by Crippen LogP contribution is 2.10. The van der Waals surface area contributed by atoms with E-state index in [1.807, 2.05) is 12.1 Å². The van der Waals surface area contributed by atoms with Crippen molar-refractivity contribution in [3.8, 4) is 12.1 Å². The lowest BCUT2D eigenvalue weighted by atomic mass is 10.2. The smallest absolute Gasteiger partial charge is 0.251 e. The lowest BCUT2D eigenvalue weighted by molar-refractivity contribution is -0.130. The molecule has 0 saturated carbocycles. The number of rotatable bonds is 8. The van der Waals surface area contributed by atoms with E-state index in [1.165, 1.54) is 4.90 Å². The number of nitriles is 2. The molecule has 1 aromatic rings. The van der Waals surface area contributed by atoms with E-state index in [4.69, 9.17) is 10.5 Å². The molecule has 1 aromatic carbocycles. The third-order valence-electron chi connectivity index (χ3n) is 3.07. The number of nitrogens with zero attached hydrogens (tertiary/aromatic N) is 3. The second-order valence-corrected chi connectivity index (χ2v) is 5.63. The summed E-state index contributed by atoms with van der Waals surface area (Å²) >= 11 is 3.30. The maximum Gasteiger partial charge on any atom is 0.251 e. The fourth-order valence-electron chi connectivity index (χ4n) is 1.88. The zero-order valence-corrected chi connectivity index (χ0v) is 14.2. The highest BCUT2D eigenvalue weighted by atomic mass is 79.9. The number of amides is 2. The monoisotopic (exact) mass is 376 g/mol. The van der Waals surface area contributed by atoms with Crippen LogP contribution in [0.2, 0.25) is 0 Å². The molecule has 1 rings (SSSR count). The van der Waals surface area contributed by atoms with Gasteiger partial charge in [0.1, 0.15) is 0 Å². The lowest BCUT2D eigenvalue weighted by Gasteiger charge is -2.20. The first kappa shape index (κ1) is 18.7. The first-order chi connectivity index (χ1) is 11.1. The van der Waals surface area contributed by atoms with E-state index in [2.05, 4.69) is 21.2 Å². The third-order valence-corrected chi connectivity index (χ3v) is 3.60. The summed E-state index contributed by atoms with van der Waals surface area (Å²) in [5.41, 5.74) is 0.520. The molecule has 0 atom stereocenters. The molecule has 0 radical (unpaired) electrons. The molecule has 0 aromatic heterocycles. The van der Waals surface area contributed by atoms with Crippen molar-refractivity contribution in [1.29, 1.82) is 10.5 Å². The van der Waals surface area contributed by atoms with Gasteiger partial charge in [-0.3, -0.25) is 9.59 Å². The Morgan fingerprint density at radius 3 is 2.17 bits per heavy atom. The summed E-state index contributed by atoms with van der Waals surface area (Å²) in [5.74, 6) is -0.419. The first-order valence-corrected chi connectivity index (χ1v) is 7.93. The van der Waals surface area contributed by atoms with Crippen LogP contribution in [0.15, 0.2) is 28.7 Å². The van der Waals surface area contributed by atoms with Gasteiger partial charge in [-0.1, -0.05) is 15.9 Å². The molecule has 7 heteroatoms. The number of benzene rings is 1. The molecule has 23 heavy (non-hydrogen) atoms. The molecule has 120 valence electrons. The number of hydrogen-bond acceptors (Lipinski definition) is 4. The summed E-state index contributed by atoms with van der Waals surface area (Å²) in [6.07, 6.45) is 0.587. The molecular formula is C16H17BrN4O2. The van der Waals surface area contributed by atoms with Gasteiger partial charge in [0.25, 0.3) is 5.91 Å². The molecule has 6 nitrogen and oxygen atoms in total. The van der Waals surface area contributed by atoms with Crippen LogP contribution in [0.1, 0.15) is 29.6 Å². The third kappa shape index (κ3) is 6.94. The Hall–Kier alpha value is -2.38. The molecule has 0 spiro atoms. The Bertz CT molecular complexity index is 598. The van der Waals surface area contributed by atoms with Gasteiger partial charge in [0, 0.05) is 36.1 Å². The zero-order chi connectivity index (χ0) is 17.1. The average molecular weight is 377 g/mol. The standard InChI is InChI=1S/C16H17BrN4O2/c17-14-5-3-13(4-6-14)16(23)20-10-7-15(22)21(11-1-8-18)12-2-9-19/h3-6H,1-2,7,10-12H2,(H,20,23). The molecular weight excluding hydrogens is 360 g/mol. The minimum atomic E-state index is -0.245. The van der Waals surface area contributed by atoms with E-state index in [-0.39, 0.29) is 37.6 Å². The molecule has 0 saturated heterocycles. The van der Waals surface area contributed by atoms with Crippen molar-refractivity contribution in [3.05, 3.63) is 34.3 Å². The van der Waals surface area contributed by atoms with E-state index in [0.29, 0.717) is 18.7 Å². The number of carbonyl (C=O) groups excluding carboxylic acids is 2. The molecule has 0 aliphatic heterocycles. The van der Waals surface area contributed by atoms with Gasteiger partial charge in [0.15, 0.2) is 0 Å². The van der Waals surface area contributed by atoms with Crippen molar-refractivity contribution >= 4 is 27.7 Å². The second kappa shape index (κ2) is 10.4. The number of hydrogen-bond donors (Lipinski definition) is 1. The van der Waals surface area contributed by atoms with Gasteiger partial charge < -0.3 is 10.2 Å². The Labute approximate surface area is 143 Å². The van der Waals surface area contributed by atoms with Gasteiger partial charge in [-0.2, -0.15) is 10.5 Å². The van der Waals surface area contributed by atoms with Crippen LogP contribution in [0.25, 0.3) is 0 Å². The SMILES string of the molecule is N#CCCN(CCC#N)C(=O)CCNC(=O)c1ccc(Br)cc1. The Morgan fingerprint density at radius 1 is 1.09 bits per heavy atom. The minimum absolute atomic E-state index is 0.138. The van der Waals surface area contributed by atoms with Crippen molar-refractivity contribution in [3.63, 3.8) is 0 Å². The van der Waals surface area contributed by atoms with Crippen LogP contribution in [0, 0.1) is 22.7 Å². The quantitative estimate of drug-likeness (QED) is 0.751. The summed E-state index contributed by atoms with van der Waals surface area (Å²) in [7, 11) is 0. The molecule has 0 aliphatic rings. The highest BCUT2D eigenvalue weighted by Gasteiger charge is 2.13. The first-order valence-electron chi connectivity index (χ1n) is 7.14. The predicted molar refractivity (Wildman–Crippen MR) is 88.1 cm³/mol. The topological polar surface area (TPSA) is 97.0 Å². The molecule has 0 fully saturated rings. The van der Waals surface area contributed by atoms with E-state index < -0.39 is 0 Å². The number of carbonyl (C=O) groups is 2. The summed E-state index contributed by atoms with van der Waals surface area (Å²) in [5, 5.41) is 19.9. The minimum Gasteiger partial charge on any atom is -0.352 e. The lowest BCUT2D eigenvalue weighted by Crippen LogP contribution is -2.35. The van der Waals surface area contributed by atoms with Gasteiger partial charge in [-0.25, -0.2) is 0 Å². The number of nitrogens with one attached hydrogen (secondary N) is 1. The number of halogens is 1. The van der Waals surface area contributed by atoms with Crippen molar-refractivity contribution in [2.24, 2.45) is 0 Å². The van der Waals surface area contributed by atoms with Gasteiger partial charge in [0.05, 0.1) is 25.0 Å². The van der Waals surface area contributed by atoms with Gasteiger partial charge >= 0.3 is 0 Å². The van der Waals surface area contributed by atoms with Crippen molar-refractivity contribution < 1.29 is 9.59 Å². The Morgan fingerprint density at radius 2 is 1.65 bits per heavy atom. The molecule has 2 amide bonds. The summed E-state index contributed by atoms with van der Waals surface area (Å²) in [6.45, 7) is 0.818. The molecule has 0 heterocycles. The van der Waals surface area contributed by atoms with Crippen LogP contribution in [-0.4, -0.2) is 36.3 Å². The fraction of sp³-hybridized carbons (Fsp3) is 0.375. The summed E-state index contributed by atoms with van der Waals surface area (Å²) < 4.78 is 0.884. The van der Waals surface area contributed by atoms with Crippen LogP contribution in [-0.2, 0) is 4.79 Å². The van der Waals surface area contributed by atoms with E-state index >= 15 is 0 Å². The Kier molecular flexibility index (Phi) is 8.41. The van der Waals surface area contributed by atoms with Gasteiger partial charge in [0.2, 0.25) is 5.91 Å². The second-order valence-electron chi connectivity index (χ2n) is 4.71. The summed E-state index contributed by atoms with van der Waals surface area (Å²) in [4.78, 5) is 25.5. The van der Waals surface area contributed by atoms with Gasteiger partial charge in [-0.15, -0.1) is 0 Å². The van der Waals surface area contributed by atoms with Crippen LogP contribution < -0.4 is 5.32 Å². The average Bonchev–Trinajstić information content (AvgIpc) is 2.55. The van der Waals surface area contributed by atoms with Crippen LogP contribution >= 0.6 is 15.9 Å². The molecule has 0 unspecified atom stereocenters. The normalized spacial score (nSPS) is 9.52. The van der Waals surface area contributed by atoms with Crippen molar-refractivity contribution in [2.75, 3.05) is 19.6 Å². The van der Waals surface area contributed by atoms with Gasteiger partial charge in [-0.05, 0) is 24.3 Å². The van der Waals surface area contributed by atoms with Crippen LogP contribution in [0.3, 0.4) is 0 Å². The largest absolute Gasteiger partial charge is 0.352 e. The molecule has 0 aliphatic carbocycles. The maximum atomic E-state index is 12.1. The molecule has 0 bridgehead atoms. The van der Waals surface area contributed by atoms with Crippen LogP contribution in [0.5, 0.6) is 0 Å². The van der Waals surface area contributed by atoms with Crippen molar-refractivity contribution in [2.45, 2.75) is 19.3 Å². The Balaban J connectivity index is 2.44. The van der Waals surface area contributed by atoms with Crippen molar-refractivity contribution in [1.82, 2.24) is 10.2 Å². The highest BCUT2D eigenvalue weighted by molar-refractivity contribution is 9.10. The fourth-order valence-corrected chi connectivity index (χ4v) is 2.14. The van der Waals surface area contributed by atoms with E-state index in [0.717, 1.165) is 4.47 Å². The predicted octanol–water partition coefficient (Wildman–Crippen LogP) is 2.22. The van der Waals surface area contributed by atoms with Crippen LogP contribution in [0.4, 0.5) is 0 Å². The molecule has 1 N–H and O–H groups in total. The maximum absolute atomic E-state index is 12.1. The zero-order valence-electron chi connectivity index (χ0n) is 12.6. The van der Waals surface area contributed by atoms with E-state index in [9.17, 15) is 9.59 Å². The summed E-state index contributed by atoms with van der Waals surface area (Å²) in [6, 6.07) is 10.9. The van der Waals surface area contributed by atoms with E-state index in [1.54, 1.807) is 24.3 Å².